The lowest BCUT2D eigenvalue weighted by molar-refractivity contribution is 0.0943. The summed E-state index contributed by atoms with van der Waals surface area (Å²) >= 11 is 0. The lowest BCUT2D eigenvalue weighted by atomic mass is 9.98. The molecule has 0 aromatic heterocycles. The fraction of sp³-hybridized carbons (Fsp3) is 0.375. The summed E-state index contributed by atoms with van der Waals surface area (Å²) in [5, 5.41) is 4.06. The number of sulfonamides is 1. The van der Waals surface area contributed by atoms with Gasteiger partial charge in [-0.05, 0) is 62.4 Å². The Labute approximate surface area is 185 Å². The van der Waals surface area contributed by atoms with Crippen molar-refractivity contribution in [3.05, 3.63) is 65.1 Å². The van der Waals surface area contributed by atoms with Crippen LogP contribution in [0.2, 0.25) is 0 Å². The Morgan fingerprint density at radius 2 is 1.77 bits per heavy atom. The molecule has 0 bridgehead atoms. The van der Waals surface area contributed by atoms with Crippen LogP contribution in [0.4, 0.5) is 11.4 Å². The maximum atomic E-state index is 12.9. The van der Waals surface area contributed by atoms with E-state index in [1.807, 2.05) is 50.2 Å². The van der Waals surface area contributed by atoms with Crippen LogP contribution in [-0.2, 0) is 10.0 Å². The van der Waals surface area contributed by atoms with Gasteiger partial charge in [0, 0.05) is 30.5 Å². The predicted molar refractivity (Wildman–Crippen MR) is 128 cm³/mol. The van der Waals surface area contributed by atoms with E-state index in [1.54, 1.807) is 12.1 Å². The van der Waals surface area contributed by atoms with E-state index in [9.17, 15) is 13.2 Å². The number of benzene rings is 2. The van der Waals surface area contributed by atoms with Crippen LogP contribution >= 0.6 is 0 Å². The highest BCUT2D eigenvalue weighted by atomic mass is 32.2. The van der Waals surface area contributed by atoms with Crippen molar-refractivity contribution in [2.45, 2.75) is 39.7 Å². The highest BCUT2D eigenvalue weighted by molar-refractivity contribution is 7.95. The van der Waals surface area contributed by atoms with Gasteiger partial charge in [-0.15, -0.1) is 0 Å². The number of anilines is 2. The number of nitrogens with one attached hydrogen (secondary N) is 2. The highest BCUT2D eigenvalue weighted by Crippen LogP contribution is 2.29. The number of hydrogen-bond acceptors (Lipinski definition) is 4. The lowest BCUT2D eigenvalue weighted by Gasteiger charge is -2.33. The van der Waals surface area contributed by atoms with Gasteiger partial charge >= 0.3 is 0 Å². The second-order valence-electron chi connectivity index (χ2n) is 8.39. The third-order valence-electron chi connectivity index (χ3n) is 5.28. The molecule has 6 nitrogen and oxygen atoms in total. The van der Waals surface area contributed by atoms with Crippen LogP contribution < -0.4 is 14.9 Å². The molecule has 1 heterocycles. The summed E-state index contributed by atoms with van der Waals surface area (Å²) in [6, 6.07) is 14.4. The molecular weight excluding hydrogens is 410 g/mol. The van der Waals surface area contributed by atoms with Crippen LogP contribution in [0.5, 0.6) is 0 Å². The van der Waals surface area contributed by atoms with Crippen LogP contribution in [0.3, 0.4) is 0 Å². The summed E-state index contributed by atoms with van der Waals surface area (Å²) in [5.41, 5.74) is 2.48. The van der Waals surface area contributed by atoms with Crippen LogP contribution in [-0.4, -0.2) is 33.5 Å². The van der Waals surface area contributed by atoms with Gasteiger partial charge < -0.3 is 10.2 Å². The molecule has 1 aliphatic heterocycles. The summed E-state index contributed by atoms with van der Waals surface area (Å²) in [6.07, 6.45) is 3.69. The summed E-state index contributed by atoms with van der Waals surface area (Å²) in [4.78, 5) is 15.1. The molecule has 0 radical (unpaired) electrons. The van der Waals surface area contributed by atoms with Crippen LogP contribution in [0.1, 0.15) is 49.5 Å². The van der Waals surface area contributed by atoms with E-state index in [-0.39, 0.29) is 11.9 Å². The molecule has 1 saturated heterocycles. The first-order valence-electron chi connectivity index (χ1n) is 10.7. The van der Waals surface area contributed by atoms with E-state index in [4.69, 9.17) is 0 Å². The van der Waals surface area contributed by atoms with Gasteiger partial charge in [0.1, 0.15) is 0 Å². The fourth-order valence-corrected chi connectivity index (χ4v) is 4.44. The minimum atomic E-state index is -3.72. The SMILES string of the molecule is CC1CCN(c2ccc(NS(=O)(=O)/C=C/c3ccccc3)cc2C(=O)NC(C)C)CC1. The minimum Gasteiger partial charge on any atom is -0.371 e. The third kappa shape index (κ3) is 6.59. The maximum absolute atomic E-state index is 12.9. The van der Waals surface area contributed by atoms with Gasteiger partial charge in [0.2, 0.25) is 0 Å². The van der Waals surface area contributed by atoms with Crippen molar-refractivity contribution >= 4 is 33.4 Å². The predicted octanol–water partition coefficient (Wildman–Crippen LogP) is 4.47. The zero-order valence-electron chi connectivity index (χ0n) is 18.3. The molecule has 0 unspecified atom stereocenters. The van der Waals surface area contributed by atoms with Crippen LogP contribution in [0.25, 0.3) is 6.08 Å². The van der Waals surface area contributed by atoms with Gasteiger partial charge in [-0.1, -0.05) is 37.3 Å². The highest BCUT2D eigenvalue weighted by Gasteiger charge is 2.22. The number of carbonyl (C=O) groups is 1. The molecule has 2 aromatic carbocycles. The number of rotatable bonds is 7. The van der Waals surface area contributed by atoms with Crippen molar-refractivity contribution in [3.63, 3.8) is 0 Å². The summed E-state index contributed by atoms with van der Waals surface area (Å²) in [5.74, 6) is 0.469. The molecule has 0 aliphatic carbocycles. The second kappa shape index (κ2) is 10.0. The molecule has 2 N–H and O–H groups in total. The Kier molecular flexibility index (Phi) is 7.38. The van der Waals surface area contributed by atoms with Crippen LogP contribution in [0.15, 0.2) is 53.9 Å². The molecule has 1 aliphatic rings. The van der Waals surface area contributed by atoms with E-state index < -0.39 is 10.0 Å². The van der Waals surface area contributed by atoms with Gasteiger partial charge in [-0.3, -0.25) is 9.52 Å². The van der Waals surface area contributed by atoms with E-state index in [2.05, 4.69) is 21.9 Å². The van der Waals surface area contributed by atoms with E-state index in [0.717, 1.165) is 42.6 Å². The maximum Gasteiger partial charge on any atom is 0.255 e. The number of nitrogens with zero attached hydrogens (tertiary/aromatic N) is 1. The van der Waals surface area contributed by atoms with Crippen molar-refractivity contribution in [1.29, 1.82) is 0 Å². The molecule has 0 atom stereocenters. The third-order valence-corrected chi connectivity index (χ3v) is 6.30. The average molecular weight is 442 g/mol. The van der Waals surface area contributed by atoms with E-state index in [0.29, 0.717) is 17.2 Å². The zero-order chi connectivity index (χ0) is 22.4. The minimum absolute atomic E-state index is 0.0177. The van der Waals surface area contributed by atoms with Crippen molar-refractivity contribution < 1.29 is 13.2 Å². The quantitative estimate of drug-likeness (QED) is 0.664. The summed E-state index contributed by atoms with van der Waals surface area (Å²) in [7, 11) is -3.72. The molecule has 1 amide bonds. The largest absolute Gasteiger partial charge is 0.371 e. The van der Waals surface area contributed by atoms with Crippen molar-refractivity contribution in [2.24, 2.45) is 5.92 Å². The first-order valence-corrected chi connectivity index (χ1v) is 12.2. The number of piperidine rings is 1. The number of carbonyl (C=O) groups excluding carboxylic acids is 1. The second-order valence-corrected chi connectivity index (χ2v) is 9.96. The number of amides is 1. The number of hydrogen-bond donors (Lipinski definition) is 2. The molecule has 166 valence electrons. The Balaban J connectivity index is 1.85. The monoisotopic (exact) mass is 441 g/mol. The van der Waals surface area contributed by atoms with Gasteiger partial charge in [0.05, 0.1) is 11.0 Å². The first-order chi connectivity index (χ1) is 14.7. The Bertz CT molecular complexity index is 1030. The van der Waals surface area contributed by atoms with Gasteiger partial charge in [0.15, 0.2) is 0 Å². The lowest BCUT2D eigenvalue weighted by Crippen LogP contribution is -2.36. The zero-order valence-corrected chi connectivity index (χ0v) is 19.2. The molecule has 0 spiro atoms. The summed E-state index contributed by atoms with van der Waals surface area (Å²) in [6.45, 7) is 7.81. The standard InChI is InChI=1S/C24H31N3O3S/c1-18(2)25-24(28)22-17-21(9-10-23(22)27-14-11-19(3)12-15-27)26-31(29,30)16-13-20-7-5-4-6-8-20/h4-10,13,16-19,26H,11-12,14-15H2,1-3H3,(H,25,28)/b16-13+. The van der Waals surface area contributed by atoms with Gasteiger partial charge in [-0.2, -0.15) is 0 Å². The Morgan fingerprint density at radius 3 is 2.42 bits per heavy atom. The molecule has 7 heteroatoms. The first kappa shape index (κ1) is 22.9. The molecule has 2 aromatic rings. The van der Waals surface area contributed by atoms with Crippen molar-refractivity contribution in [1.82, 2.24) is 5.32 Å². The smallest absolute Gasteiger partial charge is 0.255 e. The van der Waals surface area contributed by atoms with Gasteiger partial charge in [-0.25, -0.2) is 8.42 Å². The molecule has 31 heavy (non-hydrogen) atoms. The summed E-state index contributed by atoms with van der Waals surface area (Å²) < 4.78 is 27.7. The Hall–Kier alpha value is -2.80. The molecule has 1 fully saturated rings. The average Bonchev–Trinajstić information content (AvgIpc) is 2.73. The topological polar surface area (TPSA) is 78.5 Å². The van der Waals surface area contributed by atoms with Gasteiger partial charge in [0.25, 0.3) is 15.9 Å². The van der Waals surface area contributed by atoms with Crippen molar-refractivity contribution in [2.75, 3.05) is 22.7 Å². The normalized spacial score (nSPS) is 15.4. The fourth-order valence-electron chi connectivity index (χ4n) is 3.58. The Morgan fingerprint density at radius 1 is 1.10 bits per heavy atom. The molecule has 0 saturated carbocycles. The van der Waals surface area contributed by atoms with Crippen molar-refractivity contribution in [3.8, 4) is 0 Å². The van der Waals surface area contributed by atoms with Crippen LogP contribution in [0, 0.1) is 5.92 Å². The van der Waals surface area contributed by atoms with E-state index in [1.165, 1.54) is 6.08 Å². The molecule has 3 rings (SSSR count). The van der Waals surface area contributed by atoms with E-state index >= 15 is 0 Å². The molecular formula is C24H31N3O3S.